The number of amides is 1. The zero-order valence-corrected chi connectivity index (χ0v) is 15.4. The molecule has 3 rings (SSSR count). The molecule has 0 atom stereocenters. The van der Waals surface area contributed by atoms with Crippen molar-refractivity contribution >= 4 is 38.5 Å². The first kappa shape index (κ1) is 18.2. The lowest BCUT2D eigenvalue weighted by Crippen LogP contribution is -2.12. The number of halogens is 3. The number of nitrogens with one attached hydrogen (secondary N) is 1. The highest BCUT2D eigenvalue weighted by molar-refractivity contribution is 9.10. The van der Waals surface area contributed by atoms with Gasteiger partial charge in [-0.25, -0.2) is 0 Å². The largest absolute Gasteiger partial charge is 0.493 e. The maximum absolute atomic E-state index is 12.5. The van der Waals surface area contributed by atoms with Gasteiger partial charge in [-0.2, -0.15) is 8.78 Å². The smallest absolute Gasteiger partial charge is 0.387 e. The Hall–Kier alpha value is -2.61. The lowest BCUT2D eigenvalue weighted by Gasteiger charge is -2.12. The Morgan fingerprint density at radius 2 is 1.96 bits per heavy atom. The van der Waals surface area contributed by atoms with Crippen molar-refractivity contribution in [3.05, 3.63) is 52.2 Å². The topological polar surface area (TPSA) is 60.7 Å². The first-order valence-electron chi connectivity index (χ1n) is 7.52. The molecule has 0 fully saturated rings. The van der Waals surface area contributed by atoms with E-state index in [0.717, 1.165) is 9.86 Å². The van der Waals surface area contributed by atoms with E-state index in [-0.39, 0.29) is 22.9 Å². The molecule has 1 aromatic heterocycles. The standard InChI is InChI=1S/C18H14BrF2NO4/c1-9-12-7-10(19)3-5-13(12)25-16(9)17(23)22-11-4-6-14(24-2)15(8-11)26-18(20)21/h3-8,18H,1-2H3,(H,22,23). The summed E-state index contributed by atoms with van der Waals surface area (Å²) in [6.45, 7) is -1.24. The van der Waals surface area contributed by atoms with Crippen molar-refractivity contribution in [1.29, 1.82) is 0 Å². The number of aryl methyl sites for hydroxylation is 1. The fraction of sp³-hybridized carbons (Fsp3) is 0.167. The van der Waals surface area contributed by atoms with Crippen molar-refractivity contribution in [2.45, 2.75) is 13.5 Å². The van der Waals surface area contributed by atoms with Crippen molar-refractivity contribution in [3.63, 3.8) is 0 Å². The van der Waals surface area contributed by atoms with E-state index in [4.69, 9.17) is 9.15 Å². The van der Waals surface area contributed by atoms with Gasteiger partial charge in [0.1, 0.15) is 5.58 Å². The highest BCUT2D eigenvalue weighted by Crippen LogP contribution is 2.32. The van der Waals surface area contributed by atoms with E-state index in [1.54, 1.807) is 13.0 Å². The number of furan rings is 1. The summed E-state index contributed by atoms with van der Waals surface area (Å²) in [6, 6.07) is 9.62. The van der Waals surface area contributed by atoms with Crippen molar-refractivity contribution in [1.82, 2.24) is 0 Å². The maximum atomic E-state index is 12.5. The van der Waals surface area contributed by atoms with Crippen molar-refractivity contribution < 1.29 is 27.5 Å². The molecule has 0 aliphatic heterocycles. The molecular formula is C18H14BrF2NO4. The molecule has 1 N–H and O–H groups in total. The average Bonchev–Trinajstić information content (AvgIpc) is 2.91. The summed E-state index contributed by atoms with van der Waals surface area (Å²) in [6.07, 6.45) is 0. The third kappa shape index (κ3) is 3.65. The molecular weight excluding hydrogens is 412 g/mol. The Balaban J connectivity index is 1.89. The van der Waals surface area contributed by atoms with Gasteiger partial charge in [0.15, 0.2) is 17.3 Å². The molecule has 0 radical (unpaired) electrons. The Morgan fingerprint density at radius 3 is 2.65 bits per heavy atom. The van der Waals surface area contributed by atoms with Gasteiger partial charge in [0.05, 0.1) is 7.11 Å². The van der Waals surface area contributed by atoms with Crippen LogP contribution in [0.15, 0.2) is 45.3 Å². The number of carbonyl (C=O) groups excluding carboxylic acids is 1. The number of anilines is 1. The molecule has 0 saturated carbocycles. The molecule has 136 valence electrons. The van der Waals surface area contributed by atoms with Gasteiger partial charge in [-0.05, 0) is 37.3 Å². The number of hydrogen-bond acceptors (Lipinski definition) is 4. The number of carbonyl (C=O) groups is 1. The molecule has 8 heteroatoms. The number of fused-ring (bicyclic) bond motifs is 1. The van der Waals surface area contributed by atoms with Gasteiger partial charge >= 0.3 is 6.61 Å². The van der Waals surface area contributed by atoms with Crippen LogP contribution in [0.25, 0.3) is 11.0 Å². The number of rotatable bonds is 5. The third-order valence-corrected chi connectivity index (χ3v) is 4.24. The zero-order valence-electron chi connectivity index (χ0n) is 13.8. The molecule has 1 heterocycles. The first-order valence-corrected chi connectivity index (χ1v) is 8.31. The van der Waals surface area contributed by atoms with Crippen molar-refractivity contribution in [3.8, 4) is 11.5 Å². The third-order valence-electron chi connectivity index (χ3n) is 3.74. The normalized spacial score (nSPS) is 11.0. The van der Waals surface area contributed by atoms with Gasteiger partial charge in [-0.1, -0.05) is 15.9 Å². The molecule has 0 unspecified atom stereocenters. The fourth-order valence-electron chi connectivity index (χ4n) is 2.54. The molecule has 2 aromatic carbocycles. The van der Waals surface area contributed by atoms with Crippen LogP contribution in [0, 0.1) is 6.92 Å². The molecule has 0 aliphatic rings. The predicted octanol–water partition coefficient (Wildman–Crippen LogP) is 5.37. The van der Waals surface area contributed by atoms with Gasteiger partial charge in [-0.3, -0.25) is 4.79 Å². The fourth-order valence-corrected chi connectivity index (χ4v) is 2.90. The zero-order chi connectivity index (χ0) is 18.8. The lowest BCUT2D eigenvalue weighted by atomic mass is 10.1. The molecule has 1 amide bonds. The predicted molar refractivity (Wildman–Crippen MR) is 96.2 cm³/mol. The van der Waals surface area contributed by atoms with E-state index < -0.39 is 12.5 Å². The SMILES string of the molecule is COc1ccc(NC(=O)c2oc3ccc(Br)cc3c2C)cc1OC(F)F. The summed E-state index contributed by atoms with van der Waals surface area (Å²) in [5.74, 6) is -0.396. The maximum Gasteiger partial charge on any atom is 0.387 e. The van der Waals surface area contributed by atoms with E-state index in [9.17, 15) is 13.6 Å². The number of benzene rings is 2. The van der Waals surface area contributed by atoms with Crippen LogP contribution in [0.1, 0.15) is 16.1 Å². The van der Waals surface area contributed by atoms with E-state index in [2.05, 4.69) is 26.0 Å². The molecule has 26 heavy (non-hydrogen) atoms. The van der Waals surface area contributed by atoms with E-state index in [1.165, 1.54) is 25.3 Å². The van der Waals surface area contributed by atoms with Crippen LogP contribution in [-0.2, 0) is 0 Å². The number of ether oxygens (including phenoxy) is 2. The molecule has 3 aromatic rings. The summed E-state index contributed by atoms with van der Waals surface area (Å²) >= 11 is 3.38. The first-order chi connectivity index (χ1) is 12.4. The second-order valence-corrected chi connectivity index (χ2v) is 6.31. The lowest BCUT2D eigenvalue weighted by molar-refractivity contribution is -0.0511. The van der Waals surface area contributed by atoms with Crippen LogP contribution in [0.3, 0.4) is 0 Å². The summed E-state index contributed by atoms with van der Waals surface area (Å²) in [4.78, 5) is 12.5. The summed E-state index contributed by atoms with van der Waals surface area (Å²) < 4.78 is 40.9. The Bertz CT molecular complexity index is 971. The molecule has 0 bridgehead atoms. The molecule has 0 spiro atoms. The number of alkyl halides is 2. The van der Waals surface area contributed by atoms with Gasteiger partial charge in [0.2, 0.25) is 0 Å². The van der Waals surface area contributed by atoms with E-state index >= 15 is 0 Å². The number of methoxy groups -OCH3 is 1. The van der Waals surface area contributed by atoms with Crippen LogP contribution in [-0.4, -0.2) is 19.6 Å². The monoisotopic (exact) mass is 425 g/mol. The Kier molecular flexibility index (Phi) is 5.13. The second kappa shape index (κ2) is 7.33. The van der Waals surface area contributed by atoms with Crippen LogP contribution < -0.4 is 14.8 Å². The van der Waals surface area contributed by atoms with Crippen LogP contribution >= 0.6 is 15.9 Å². The van der Waals surface area contributed by atoms with E-state index in [1.807, 2.05) is 12.1 Å². The Labute approximate surface area is 156 Å². The average molecular weight is 426 g/mol. The highest BCUT2D eigenvalue weighted by atomic mass is 79.9. The minimum atomic E-state index is -3.01. The summed E-state index contributed by atoms with van der Waals surface area (Å²) in [5.41, 5.74) is 1.52. The number of hydrogen-bond donors (Lipinski definition) is 1. The van der Waals surface area contributed by atoms with Crippen LogP contribution in [0.4, 0.5) is 14.5 Å². The minimum absolute atomic E-state index is 0.132. The summed E-state index contributed by atoms with van der Waals surface area (Å²) in [5, 5.41) is 3.42. The summed E-state index contributed by atoms with van der Waals surface area (Å²) in [7, 11) is 1.34. The Morgan fingerprint density at radius 1 is 1.19 bits per heavy atom. The molecule has 0 saturated heterocycles. The van der Waals surface area contributed by atoms with E-state index in [0.29, 0.717) is 11.1 Å². The van der Waals surface area contributed by atoms with Crippen LogP contribution in [0.5, 0.6) is 11.5 Å². The van der Waals surface area contributed by atoms with Crippen molar-refractivity contribution in [2.24, 2.45) is 0 Å². The highest BCUT2D eigenvalue weighted by Gasteiger charge is 2.19. The molecule has 0 aliphatic carbocycles. The van der Waals surface area contributed by atoms with Gasteiger partial charge in [-0.15, -0.1) is 0 Å². The molecule has 5 nitrogen and oxygen atoms in total. The van der Waals surface area contributed by atoms with Crippen molar-refractivity contribution in [2.75, 3.05) is 12.4 Å². The minimum Gasteiger partial charge on any atom is -0.493 e. The van der Waals surface area contributed by atoms with Crippen LogP contribution in [0.2, 0.25) is 0 Å². The van der Waals surface area contributed by atoms with Gasteiger partial charge < -0.3 is 19.2 Å². The van der Waals surface area contributed by atoms with Gasteiger partial charge in [0, 0.05) is 27.2 Å². The second-order valence-electron chi connectivity index (χ2n) is 5.39. The quantitative estimate of drug-likeness (QED) is 0.597. The van der Waals surface area contributed by atoms with Gasteiger partial charge in [0.25, 0.3) is 5.91 Å².